The van der Waals surface area contributed by atoms with Crippen LogP contribution in [0.15, 0.2) is 0 Å². The summed E-state index contributed by atoms with van der Waals surface area (Å²) in [6, 6.07) is 0.398. The van der Waals surface area contributed by atoms with Crippen molar-refractivity contribution in [3.8, 4) is 0 Å². The van der Waals surface area contributed by atoms with Gasteiger partial charge in [0, 0.05) is 10.9 Å². The van der Waals surface area contributed by atoms with E-state index in [-0.39, 0.29) is 5.97 Å². The predicted molar refractivity (Wildman–Crippen MR) is 111 cm³/mol. The van der Waals surface area contributed by atoms with Gasteiger partial charge in [0.2, 0.25) is 0 Å². The van der Waals surface area contributed by atoms with Crippen molar-refractivity contribution in [2.24, 2.45) is 0 Å². The Labute approximate surface area is 165 Å². The van der Waals surface area contributed by atoms with Crippen molar-refractivity contribution in [3.05, 3.63) is 16.0 Å². The van der Waals surface area contributed by atoms with E-state index in [1.165, 1.54) is 23.3 Å². The van der Waals surface area contributed by atoms with E-state index < -0.39 is 0 Å². The molecule has 26 heavy (non-hydrogen) atoms. The van der Waals surface area contributed by atoms with Crippen LogP contribution in [0.25, 0.3) is 0 Å². The Kier molecular flexibility index (Phi) is 6.89. The average Bonchev–Trinajstić information content (AvgIpc) is 2.78. The maximum Gasteiger partial charge on any atom is 0.341 e. The quantitative estimate of drug-likeness (QED) is 0.462. The fraction of sp³-hybridized carbons (Fsp3) is 0.684. The van der Waals surface area contributed by atoms with Crippen LogP contribution in [0.2, 0.25) is 0 Å². The van der Waals surface area contributed by atoms with Crippen molar-refractivity contribution in [3.63, 3.8) is 0 Å². The summed E-state index contributed by atoms with van der Waals surface area (Å²) in [5.74, 6) is -0.225. The van der Waals surface area contributed by atoms with Crippen molar-refractivity contribution in [1.29, 1.82) is 0 Å². The lowest BCUT2D eigenvalue weighted by Crippen LogP contribution is -2.44. The SMILES string of the molecule is CCOC(=O)c1c(NC(=S)NC2CCN(C)CC2)sc2c1CCCCC2. The summed E-state index contributed by atoms with van der Waals surface area (Å²) >= 11 is 7.22. The second kappa shape index (κ2) is 9.15. The van der Waals surface area contributed by atoms with Crippen LogP contribution in [0.4, 0.5) is 5.00 Å². The molecule has 1 fully saturated rings. The number of rotatable bonds is 4. The van der Waals surface area contributed by atoms with Crippen molar-refractivity contribution in [2.45, 2.75) is 57.9 Å². The van der Waals surface area contributed by atoms with Crippen molar-refractivity contribution in [1.82, 2.24) is 10.2 Å². The lowest BCUT2D eigenvalue weighted by molar-refractivity contribution is 0.0527. The van der Waals surface area contributed by atoms with Gasteiger partial charge in [-0.3, -0.25) is 0 Å². The van der Waals surface area contributed by atoms with Crippen LogP contribution in [-0.2, 0) is 17.6 Å². The second-order valence-electron chi connectivity index (χ2n) is 7.17. The van der Waals surface area contributed by atoms with Gasteiger partial charge in [0.25, 0.3) is 0 Å². The number of piperidine rings is 1. The number of likely N-dealkylation sites (tertiary alicyclic amines) is 1. The molecule has 1 aromatic rings. The van der Waals surface area contributed by atoms with Gasteiger partial charge in [-0.25, -0.2) is 4.79 Å². The van der Waals surface area contributed by atoms with E-state index in [2.05, 4.69) is 22.6 Å². The van der Waals surface area contributed by atoms with Gasteiger partial charge in [-0.15, -0.1) is 11.3 Å². The summed E-state index contributed by atoms with van der Waals surface area (Å²) in [6.07, 6.45) is 7.72. The van der Waals surface area contributed by atoms with Crippen LogP contribution in [0, 0.1) is 0 Å². The molecule has 0 amide bonds. The maximum absolute atomic E-state index is 12.6. The van der Waals surface area contributed by atoms with E-state index in [0.717, 1.165) is 50.2 Å². The third kappa shape index (κ3) is 4.75. The third-order valence-corrected chi connectivity index (χ3v) is 6.61. The molecule has 1 aromatic heterocycles. The Morgan fingerprint density at radius 3 is 2.73 bits per heavy atom. The van der Waals surface area contributed by atoms with Gasteiger partial charge >= 0.3 is 5.97 Å². The number of anilines is 1. The fourth-order valence-electron chi connectivity index (χ4n) is 3.73. The Bertz CT molecular complexity index is 651. The van der Waals surface area contributed by atoms with Gasteiger partial charge in [-0.2, -0.15) is 0 Å². The summed E-state index contributed by atoms with van der Waals surface area (Å²) in [6.45, 7) is 4.41. The van der Waals surface area contributed by atoms with Gasteiger partial charge in [0.15, 0.2) is 5.11 Å². The first-order valence-electron chi connectivity index (χ1n) is 9.66. The molecule has 0 saturated carbocycles. The molecule has 3 rings (SSSR count). The third-order valence-electron chi connectivity index (χ3n) is 5.18. The lowest BCUT2D eigenvalue weighted by Gasteiger charge is -2.30. The van der Waals surface area contributed by atoms with Gasteiger partial charge in [-0.05, 0) is 83.4 Å². The zero-order chi connectivity index (χ0) is 18.5. The van der Waals surface area contributed by atoms with Crippen molar-refractivity contribution in [2.75, 3.05) is 32.1 Å². The second-order valence-corrected chi connectivity index (χ2v) is 8.68. The van der Waals surface area contributed by atoms with E-state index in [0.29, 0.717) is 23.3 Å². The Hall–Kier alpha value is -1.18. The number of thiocarbonyl (C=S) groups is 1. The zero-order valence-corrected chi connectivity index (χ0v) is 17.4. The van der Waals surface area contributed by atoms with Crippen molar-refractivity contribution < 1.29 is 9.53 Å². The van der Waals surface area contributed by atoms with E-state index in [4.69, 9.17) is 17.0 Å². The Morgan fingerprint density at radius 2 is 2.00 bits per heavy atom. The molecule has 0 spiro atoms. The number of hydrogen-bond acceptors (Lipinski definition) is 5. The number of esters is 1. The van der Waals surface area contributed by atoms with Crippen LogP contribution in [0.3, 0.4) is 0 Å². The lowest BCUT2D eigenvalue weighted by atomic mass is 10.1. The molecule has 5 nitrogen and oxygen atoms in total. The van der Waals surface area contributed by atoms with Crippen molar-refractivity contribution >= 4 is 39.6 Å². The van der Waals surface area contributed by atoms with Crippen LogP contribution >= 0.6 is 23.6 Å². The largest absolute Gasteiger partial charge is 0.462 e. The average molecular weight is 396 g/mol. The number of carbonyl (C=O) groups excluding carboxylic acids is 1. The molecular weight excluding hydrogens is 366 g/mol. The highest BCUT2D eigenvalue weighted by atomic mass is 32.1. The van der Waals surface area contributed by atoms with Gasteiger partial charge in [0.1, 0.15) is 5.00 Å². The zero-order valence-electron chi connectivity index (χ0n) is 15.7. The Balaban J connectivity index is 1.73. The minimum atomic E-state index is -0.225. The molecule has 1 aliphatic carbocycles. The molecule has 0 bridgehead atoms. The standard InChI is InChI=1S/C19H29N3O2S2/c1-3-24-18(23)16-14-7-5-4-6-8-15(14)26-17(16)21-19(25)20-13-9-11-22(2)12-10-13/h13H,3-12H2,1-2H3,(H2,20,21,25). The topological polar surface area (TPSA) is 53.6 Å². The number of ether oxygens (including phenoxy) is 1. The molecular formula is C19H29N3O2S2. The minimum absolute atomic E-state index is 0.225. The number of fused-ring (bicyclic) bond motifs is 1. The first kappa shape index (κ1) is 19.6. The highest BCUT2D eigenvalue weighted by Gasteiger charge is 2.26. The molecule has 7 heteroatoms. The fourth-order valence-corrected chi connectivity index (χ4v) is 5.34. The van der Waals surface area contributed by atoms with Gasteiger partial charge < -0.3 is 20.3 Å². The molecule has 2 aliphatic rings. The number of aryl methyl sites for hydroxylation is 1. The van der Waals surface area contributed by atoms with Crippen LogP contribution in [0.1, 0.15) is 59.8 Å². The van der Waals surface area contributed by atoms with Crippen LogP contribution < -0.4 is 10.6 Å². The Morgan fingerprint density at radius 1 is 1.27 bits per heavy atom. The number of thiophene rings is 1. The van der Waals surface area contributed by atoms with E-state index in [9.17, 15) is 4.79 Å². The highest BCUT2D eigenvalue weighted by molar-refractivity contribution is 7.80. The van der Waals surface area contributed by atoms with Gasteiger partial charge in [-0.1, -0.05) is 6.42 Å². The molecule has 0 unspecified atom stereocenters. The molecule has 0 atom stereocenters. The highest BCUT2D eigenvalue weighted by Crippen LogP contribution is 2.38. The molecule has 144 valence electrons. The monoisotopic (exact) mass is 395 g/mol. The van der Waals surface area contributed by atoms with E-state index in [1.54, 1.807) is 11.3 Å². The number of carbonyl (C=O) groups is 1. The summed E-state index contributed by atoms with van der Waals surface area (Å²) in [5.41, 5.74) is 1.89. The molecule has 1 saturated heterocycles. The smallest absolute Gasteiger partial charge is 0.341 e. The van der Waals surface area contributed by atoms with Crippen LogP contribution in [-0.4, -0.2) is 48.8 Å². The molecule has 0 aromatic carbocycles. The molecule has 2 heterocycles. The van der Waals surface area contributed by atoms with Gasteiger partial charge in [0.05, 0.1) is 12.2 Å². The number of nitrogens with zero attached hydrogens (tertiary/aromatic N) is 1. The summed E-state index contributed by atoms with van der Waals surface area (Å²) in [7, 11) is 2.15. The van der Waals surface area contributed by atoms with E-state index in [1.807, 2.05) is 6.92 Å². The molecule has 2 N–H and O–H groups in total. The number of hydrogen-bond donors (Lipinski definition) is 2. The predicted octanol–water partition coefficient (Wildman–Crippen LogP) is 3.57. The first-order chi connectivity index (χ1) is 12.6. The van der Waals surface area contributed by atoms with Crippen LogP contribution in [0.5, 0.6) is 0 Å². The molecule has 0 radical (unpaired) electrons. The van der Waals surface area contributed by atoms with E-state index >= 15 is 0 Å². The summed E-state index contributed by atoms with van der Waals surface area (Å²) in [4.78, 5) is 16.2. The summed E-state index contributed by atoms with van der Waals surface area (Å²) < 4.78 is 5.34. The minimum Gasteiger partial charge on any atom is -0.462 e. The normalized spacial score (nSPS) is 18.7. The first-order valence-corrected chi connectivity index (χ1v) is 10.9. The molecule has 1 aliphatic heterocycles. The summed E-state index contributed by atoms with van der Waals surface area (Å²) in [5, 5.41) is 8.20. The maximum atomic E-state index is 12.6. The number of nitrogens with one attached hydrogen (secondary N) is 2.